The average molecular weight is 342 g/mol. The van der Waals surface area contributed by atoms with Crippen molar-refractivity contribution in [3.8, 4) is 11.5 Å². The van der Waals surface area contributed by atoms with Crippen LogP contribution >= 0.6 is 0 Å². The highest BCUT2D eigenvalue weighted by Gasteiger charge is 2.31. The van der Waals surface area contributed by atoms with Gasteiger partial charge in [0, 0.05) is 6.07 Å². The molecule has 24 heavy (non-hydrogen) atoms. The van der Waals surface area contributed by atoms with Gasteiger partial charge in [0.05, 0.1) is 18.1 Å². The van der Waals surface area contributed by atoms with Crippen molar-refractivity contribution in [2.24, 2.45) is 5.73 Å². The number of rotatable bonds is 5. The molecule has 0 heterocycles. The minimum atomic E-state index is -4.78. The Balaban J connectivity index is 2.27. The first-order valence-corrected chi connectivity index (χ1v) is 6.65. The molecule has 6 nitrogen and oxygen atoms in total. The van der Waals surface area contributed by atoms with Gasteiger partial charge in [0.1, 0.15) is 5.75 Å². The number of ether oxygens (including phenoxy) is 2. The van der Waals surface area contributed by atoms with Gasteiger partial charge in [-0.1, -0.05) is 18.2 Å². The lowest BCUT2D eigenvalue weighted by Crippen LogP contribution is -2.17. The maximum absolute atomic E-state index is 12.1. The van der Waals surface area contributed by atoms with Crippen LogP contribution in [0, 0.1) is 10.1 Å². The fourth-order valence-corrected chi connectivity index (χ4v) is 2.11. The van der Waals surface area contributed by atoms with Crippen molar-refractivity contribution in [3.63, 3.8) is 0 Å². The van der Waals surface area contributed by atoms with Crippen LogP contribution in [0.2, 0.25) is 0 Å². The molecule has 2 aromatic rings. The zero-order chi connectivity index (χ0) is 17.9. The fourth-order valence-electron chi connectivity index (χ4n) is 2.11. The molecule has 128 valence electrons. The van der Waals surface area contributed by atoms with E-state index in [0.717, 1.165) is 12.1 Å². The van der Waals surface area contributed by atoms with Gasteiger partial charge >= 0.3 is 12.0 Å². The van der Waals surface area contributed by atoms with Gasteiger partial charge in [-0.05, 0) is 29.3 Å². The first-order valence-electron chi connectivity index (χ1n) is 6.65. The summed E-state index contributed by atoms with van der Waals surface area (Å²) in [6, 6.07) is 8.45. The molecule has 0 aliphatic heterocycles. The Hall–Kier alpha value is -2.81. The van der Waals surface area contributed by atoms with E-state index in [9.17, 15) is 23.3 Å². The van der Waals surface area contributed by atoms with E-state index in [0.29, 0.717) is 11.1 Å². The highest BCUT2D eigenvalue weighted by atomic mass is 19.4. The second kappa shape index (κ2) is 6.75. The summed E-state index contributed by atoms with van der Waals surface area (Å²) >= 11 is 0. The van der Waals surface area contributed by atoms with E-state index in [1.165, 1.54) is 31.4 Å². The minimum absolute atomic E-state index is 0.0878. The normalized spacial score (nSPS) is 12.5. The van der Waals surface area contributed by atoms with Crippen LogP contribution in [0.4, 0.5) is 18.9 Å². The number of benzene rings is 2. The molecule has 9 heteroatoms. The number of hydrogen-bond donors (Lipinski definition) is 1. The summed E-state index contributed by atoms with van der Waals surface area (Å²) in [7, 11) is 1.31. The summed E-state index contributed by atoms with van der Waals surface area (Å²) in [5, 5.41) is 11.0. The molecule has 2 N–H and O–H groups in total. The third-order valence-electron chi connectivity index (χ3n) is 3.23. The molecule has 0 fully saturated rings. The Morgan fingerprint density at radius 1 is 1.12 bits per heavy atom. The van der Waals surface area contributed by atoms with Gasteiger partial charge in [-0.2, -0.15) is 0 Å². The number of hydrogen-bond acceptors (Lipinski definition) is 5. The molecule has 0 radical (unpaired) electrons. The summed E-state index contributed by atoms with van der Waals surface area (Å²) in [5.41, 5.74) is 6.68. The molecule has 0 aromatic heterocycles. The SMILES string of the molecule is COc1ccc([C@@H](N)c2ccc(OC(F)(F)F)cc2)cc1[N+](=O)[O-]. The van der Waals surface area contributed by atoms with Crippen LogP contribution in [0.25, 0.3) is 0 Å². The van der Waals surface area contributed by atoms with Gasteiger partial charge in [-0.15, -0.1) is 13.2 Å². The zero-order valence-corrected chi connectivity index (χ0v) is 12.4. The molecular weight excluding hydrogens is 329 g/mol. The standard InChI is InChI=1S/C15H13F3N2O4/c1-23-13-7-4-10(8-12(13)20(21)22)14(19)9-2-5-11(6-3-9)24-15(16,17)18/h2-8,14H,19H2,1H3/t14-/m0/s1. The van der Waals surface area contributed by atoms with E-state index in [1.54, 1.807) is 6.07 Å². The molecule has 2 rings (SSSR count). The topological polar surface area (TPSA) is 87.6 Å². The van der Waals surface area contributed by atoms with Crippen LogP contribution in [-0.4, -0.2) is 18.4 Å². The van der Waals surface area contributed by atoms with Crippen molar-refractivity contribution < 1.29 is 27.6 Å². The number of alkyl halides is 3. The van der Waals surface area contributed by atoms with Gasteiger partial charge in [-0.3, -0.25) is 10.1 Å². The summed E-state index contributed by atoms with van der Waals surface area (Å²) in [4.78, 5) is 10.4. The predicted octanol–water partition coefficient (Wildman–Crippen LogP) is 3.55. The lowest BCUT2D eigenvalue weighted by Gasteiger charge is -2.14. The summed E-state index contributed by atoms with van der Waals surface area (Å²) < 4.78 is 45.1. The summed E-state index contributed by atoms with van der Waals surface area (Å²) in [6.45, 7) is 0. The average Bonchev–Trinajstić information content (AvgIpc) is 2.52. The molecule has 0 bridgehead atoms. The van der Waals surface area contributed by atoms with Crippen molar-refractivity contribution in [1.82, 2.24) is 0 Å². The smallest absolute Gasteiger partial charge is 0.490 e. The predicted molar refractivity (Wildman–Crippen MR) is 78.8 cm³/mol. The molecule has 0 spiro atoms. The lowest BCUT2D eigenvalue weighted by atomic mass is 9.99. The first kappa shape index (κ1) is 17.5. The maximum Gasteiger partial charge on any atom is 0.573 e. The Kier molecular flexibility index (Phi) is 4.93. The van der Waals surface area contributed by atoms with Crippen LogP contribution in [0.5, 0.6) is 11.5 Å². The van der Waals surface area contributed by atoms with Crippen LogP contribution in [0.15, 0.2) is 42.5 Å². The van der Waals surface area contributed by atoms with Crippen LogP contribution in [-0.2, 0) is 0 Å². The van der Waals surface area contributed by atoms with E-state index in [4.69, 9.17) is 10.5 Å². The highest BCUT2D eigenvalue weighted by Crippen LogP contribution is 2.32. The number of halogens is 3. The molecule has 0 unspecified atom stereocenters. The monoisotopic (exact) mass is 342 g/mol. The van der Waals surface area contributed by atoms with E-state index >= 15 is 0 Å². The molecule has 0 aliphatic carbocycles. The van der Waals surface area contributed by atoms with E-state index in [-0.39, 0.29) is 17.2 Å². The molecule has 1 atom stereocenters. The Bertz CT molecular complexity index is 732. The second-order valence-corrected chi connectivity index (χ2v) is 4.78. The second-order valence-electron chi connectivity index (χ2n) is 4.78. The number of nitrogens with two attached hydrogens (primary N) is 1. The quantitative estimate of drug-likeness (QED) is 0.663. The molecule has 0 amide bonds. The lowest BCUT2D eigenvalue weighted by molar-refractivity contribution is -0.385. The van der Waals surface area contributed by atoms with Crippen molar-refractivity contribution in [2.45, 2.75) is 12.4 Å². The maximum atomic E-state index is 12.1. The number of methoxy groups -OCH3 is 1. The Morgan fingerprint density at radius 2 is 1.71 bits per heavy atom. The third-order valence-corrected chi connectivity index (χ3v) is 3.23. The highest BCUT2D eigenvalue weighted by molar-refractivity contribution is 5.50. The summed E-state index contributed by atoms with van der Waals surface area (Å²) in [5.74, 6) is -0.288. The molecule has 0 saturated heterocycles. The van der Waals surface area contributed by atoms with Gasteiger partial charge in [0.2, 0.25) is 0 Å². The number of nitro groups is 1. The number of nitro benzene ring substituents is 1. The van der Waals surface area contributed by atoms with E-state index in [2.05, 4.69) is 4.74 Å². The minimum Gasteiger partial charge on any atom is -0.490 e. The Morgan fingerprint density at radius 3 is 2.21 bits per heavy atom. The first-order chi connectivity index (χ1) is 11.2. The van der Waals surface area contributed by atoms with Gasteiger partial charge in [-0.25, -0.2) is 0 Å². The fraction of sp³-hybridized carbons (Fsp3) is 0.200. The Labute approximate surface area is 134 Å². The van der Waals surface area contributed by atoms with Crippen LogP contribution in [0.1, 0.15) is 17.2 Å². The van der Waals surface area contributed by atoms with E-state index in [1.807, 2.05) is 0 Å². The van der Waals surface area contributed by atoms with Crippen molar-refractivity contribution in [2.75, 3.05) is 7.11 Å². The molecule has 0 saturated carbocycles. The van der Waals surface area contributed by atoms with Crippen LogP contribution < -0.4 is 15.2 Å². The van der Waals surface area contributed by atoms with Crippen LogP contribution in [0.3, 0.4) is 0 Å². The van der Waals surface area contributed by atoms with Gasteiger partial charge < -0.3 is 15.2 Å². The number of nitrogens with zero attached hydrogens (tertiary/aromatic N) is 1. The van der Waals surface area contributed by atoms with E-state index < -0.39 is 17.3 Å². The molecular formula is C15H13F3N2O4. The largest absolute Gasteiger partial charge is 0.573 e. The van der Waals surface area contributed by atoms with Crippen molar-refractivity contribution >= 4 is 5.69 Å². The summed E-state index contributed by atoms with van der Waals surface area (Å²) in [6.07, 6.45) is -4.78. The molecule has 2 aromatic carbocycles. The van der Waals surface area contributed by atoms with Gasteiger partial charge in [0.15, 0.2) is 5.75 Å². The van der Waals surface area contributed by atoms with Crippen molar-refractivity contribution in [1.29, 1.82) is 0 Å². The molecule has 0 aliphatic rings. The third kappa shape index (κ3) is 4.13. The van der Waals surface area contributed by atoms with Gasteiger partial charge in [0.25, 0.3) is 0 Å². The van der Waals surface area contributed by atoms with Crippen molar-refractivity contribution in [3.05, 3.63) is 63.7 Å². The zero-order valence-electron chi connectivity index (χ0n) is 12.4.